The van der Waals surface area contributed by atoms with E-state index >= 15 is 0 Å². The lowest BCUT2D eigenvalue weighted by molar-refractivity contribution is -0.137. The predicted molar refractivity (Wildman–Crippen MR) is 98.5 cm³/mol. The Morgan fingerprint density at radius 2 is 1.70 bits per heavy atom. The largest absolute Gasteiger partial charge is 0.419 e. The van der Waals surface area contributed by atoms with Gasteiger partial charge in [0.05, 0.1) is 5.56 Å². The number of nitrogens with one attached hydrogen (secondary N) is 1. The summed E-state index contributed by atoms with van der Waals surface area (Å²) in [4.78, 5) is 19.3. The van der Waals surface area contributed by atoms with Crippen molar-refractivity contribution in [3.8, 4) is 0 Å². The van der Waals surface area contributed by atoms with E-state index in [2.05, 4.69) is 10.3 Å². The third kappa shape index (κ3) is 4.75. The monoisotopic (exact) mass is 418 g/mol. The molecule has 0 bridgehead atoms. The van der Waals surface area contributed by atoms with E-state index in [9.17, 15) is 18.0 Å². The van der Waals surface area contributed by atoms with Gasteiger partial charge < -0.3 is 15.1 Å². The Morgan fingerprint density at radius 3 is 2.30 bits per heavy atom. The summed E-state index contributed by atoms with van der Waals surface area (Å²) in [6, 6.07) is 6.56. The third-order valence-corrected chi connectivity index (χ3v) is 4.51. The van der Waals surface area contributed by atoms with E-state index in [0.29, 0.717) is 15.7 Å². The SMILES string of the molecule is O=C(Nc1cc(Cl)cc(Cl)c1)N1CCN(c2ncccc2C(F)(F)F)CC1. The van der Waals surface area contributed by atoms with E-state index in [-0.39, 0.29) is 38.0 Å². The molecule has 1 aromatic carbocycles. The molecule has 2 amide bonds. The Hall–Kier alpha value is -2.19. The maximum Gasteiger partial charge on any atom is 0.419 e. The molecule has 27 heavy (non-hydrogen) atoms. The number of carbonyl (C=O) groups is 1. The van der Waals surface area contributed by atoms with Crippen LogP contribution in [-0.4, -0.2) is 42.1 Å². The van der Waals surface area contributed by atoms with E-state index in [0.717, 1.165) is 6.07 Å². The van der Waals surface area contributed by atoms with Crippen molar-refractivity contribution in [3.05, 3.63) is 52.1 Å². The highest BCUT2D eigenvalue weighted by molar-refractivity contribution is 6.35. The molecule has 1 aromatic heterocycles. The fourth-order valence-corrected chi connectivity index (χ4v) is 3.35. The summed E-state index contributed by atoms with van der Waals surface area (Å²) in [6.07, 6.45) is -3.16. The molecule has 1 N–H and O–H groups in total. The zero-order valence-corrected chi connectivity index (χ0v) is 15.4. The van der Waals surface area contributed by atoms with Gasteiger partial charge >= 0.3 is 12.2 Å². The zero-order valence-electron chi connectivity index (χ0n) is 13.9. The van der Waals surface area contributed by atoms with Crippen LogP contribution in [0.1, 0.15) is 5.56 Å². The number of benzene rings is 1. The van der Waals surface area contributed by atoms with Crippen molar-refractivity contribution in [2.75, 3.05) is 36.4 Å². The average molecular weight is 419 g/mol. The van der Waals surface area contributed by atoms with Crippen LogP contribution in [0.5, 0.6) is 0 Å². The van der Waals surface area contributed by atoms with Crippen molar-refractivity contribution in [2.24, 2.45) is 0 Å². The lowest BCUT2D eigenvalue weighted by Crippen LogP contribution is -2.50. The number of pyridine rings is 1. The van der Waals surface area contributed by atoms with Gasteiger partial charge in [-0.25, -0.2) is 9.78 Å². The molecule has 144 valence electrons. The van der Waals surface area contributed by atoms with Crippen LogP contribution >= 0.6 is 23.2 Å². The van der Waals surface area contributed by atoms with Gasteiger partial charge in [0.15, 0.2) is 0 Å². The summed E-state index contributed by atoms with van der Waals surface area (Å²) in [7, 11) is 0. The standard InChI is InChI=1S/C17H15Cl2F3N4O/c18-11-8-12(19)10-13(9-11)24-16(27)26-6-4-25(5-7-26)15-14(17(20,21)22)2-1-3-23-15/h1-3,8-10H,4-7H2,(H,24,27). The van der Waals surface area contributed by atoms with Gasteiger partial charge in [-0.15, -0.1) is 0 Å². The minimum absolute atomic E-state index is 0.119. The van der Waals surface area contributed by atoms with Crippen molar-refractivity contribution in [1.29, 1.82) is 0 Å². The van der Waals surface area contributed by atoms with E-state index in [1.54, 1.807) is 18.2 Å². The Morgan fingerprint density at radius 1 is 1.07 bits per heavy atom. The van der Waals surface area contributed by atoms with E-state index in [1.807, 2.05) is 0 Å². The van der Waals surface area contributed by atoms with Gasteiger partial charge in [0.25, 0.3) is 0 Å². The first-order valence-electron chi connectivity index (χ1n) is 8.03. The van der Waals surface area contributed by atoms with Crippen LogP contribution in [0.4, 0.5) is 29.5 Å². The topological polar surface area (TPSA) is 48.5 Å². The average Bonchev–Trinajstić information content (AvgIpc) is 2.60. The minimum Gasteiger partial charge on any atom is -0.353 e. The van der Waals surface area contributed by atoms with Gasteiger partial charge in [0.2, 0.25) is 0 Å². The normalized spacial score (nSPS) is 15.0. The number of carbonyl (C=O) groups excluding carboxylic acids is 1. The second-order valence-electron chi connectivity index (χ2n) is 5.93. The molecule has 1 aliphatic rings. The van der Waals surface area contributed by atoms with E-state index in [4.69, 9.17) is 23.2 Å². The molecular weight excluding hydrogens is 404 g/mol. The van der Waals surface area contributed by atoms with Crippen LogP contribution in [0.25, 0.3) is 0 Å². The van der Waals surface area contributed by atoms with Crippen molar-refractivity contribution in [1.82, 2.24) is 9.88 Å². The number of amides is 2. The van der Waals surface area contributed by atoms with E-state index in [1.165, 1.54) is 22.1 Å². The quantitative estimate of drug-likeness (QED) is 0.764. The number of rotatable bonds is 2. The van der Waals surface area contributed by atoms with Crippen molar-refractivity contribution in [3.63, 3.8) is 0 Å². The fourth-order valence-electron chi connectivity index (χ4n) is 2.82. The minimum atomic E-state index is -4.48. The molecule has 0 aliphatic carbocycles. The molecule has 0 unspecified atom stereocenters. The van der Waals surface area contributed by atoms with Crippen LogP contribution in [-0.2, 0) is 6.18 Å². The lowest BCUT2D eigenvalue weighted by Gasteiger charge is -2.36. The second kappa shape index (κ2) is 7.82. The zero-order chi connectivity index (χ0) is 19.6. The summed E-state index contributed by atoms with van der Waals surface area (Å²) in [6.45, 7) is 0.996. The summed E-state index contributed by atoms with van der Waals surface area (Å²) < 4.78 is 39.5. The van der Waals surface area contributed by atoms with Crippen LogP contribution in [0.15, 0.2) is 36.5 Å². The molecule has 1 fully saturated rings. The van der Waals surface area contributed by atoms with Gasteiger partial charge in [-0.2, -0.15) is 13.2 Å². The molecule has 0 atom stereocenters. The number of halogens is 5. The molecule has 1 saturated heterocycles. The summed E-state index contributed by atoms with van der Waals surface area (Å²) in [5.74, 6) is -0.119. The third-order valence-electron chi connectivity index (χ3n) is 4.07. The molecule has 2 heterocycles. The fraction of sp³-hybridized carbons (Fsp3) is 0.294. The molecule has 2 aromatic rings. The van der Waals surface area contributed by atoms with Gasteiger partial charge in [0, 0.05) is 48.1 Å². The highest BCUT2D eigenvalue weighted by Crippen LogP contribution is 2.35. The van der Waals surface area contributed by atoms with E-state index < -0.39 is 11.7 Å². The first-order valence-corrected chi connectivity index (χ1v) is 8.79. The second-order valence-corrected chi connectivity index (χ2v) is 6.81. The van der Waals surface area contributed by atoms with Crippen LogP contribution in [0.2, 0.25) is 10.0 Å². The first-order chi connectivity index (χ1) is 12.7. The van der Waals surface area contributed by atoms with Crippen molar-refractivity contribution in [2.45, 2.75) is 6.18 Å². The van der Waals surface area contributed by atoms with Gasteiger partial charge in [-0.1, -0.05) is 23.2 Å². The maximum absolute atomic E-state index is 13.2. The summed E-state index contributed by atoms with van der Waals surface area (Å²) in [5, 5.41) is 3.46. The van der Waals surface area contributed by atoms with Gasteiger partial charge in [-0.05, 0) is 30.3 Å². The molecule has 1 aliphatic heterocycles. The van der Waals surface area contributed by atoms with Crippen LogP contribution in [0, 0.1) is 0 Å². The smallest absolute Gasteiger partial charge is 0.353 e. The molecule has 0 spiro atoms. The number of piperazine rings is 1. The van der Waals surface area contributed by atoms with Crippen LogP contribution < -0.4 is 10.2 Å². The Kier molecular flexibility index (Phi) is 5.67. The van der Waals surface area contributed by atoms with Crippen molar-refractivity contribution < 1.29 is 18.0 Å². The number of urea groups is 1. The molecule has 3 rings (SSSR count). The summed E-state index contributed by atoms with van der Waals surface area (Å²) in [5.41, 5.74) is -0.333. The Balaban J connectivity index is 1.65. The molecular formula is C17H15Cl2F3N4O. The van der Waals surface area contributed by atoms with Gasteiger partial charge in [-0.3, -0.25) is 0 Å². The highest BCUT2D eigenvalue weighted by atomic mass is 35.5. The molecule has 0 saturated carbocycles. The highest BCUT2D eigenvalue weighted by Gasteiger charge is 2.36. The number of alkyl halides is 3. The Labute approximate surface area is 163 Å². The number of hydrogen-bond acceptors (Lipinski definition) is 3. The van der Waals surface area contributed by atoms with Gasteiger partial charge in [0.1, 0.15) is 5.82 Å². The first kappa shape index (κ1) is 19.6. The molecule has 0 radical (unpaired) electrons. The lowest BCUT2D eigenvalue weighted by atomic mass is 10.2. The number of anilines is 2. The summed E-state index contributed by atoms with van der Waals surface area (Å²) >= 11 is 11.8. The maximum atomic E-state index is 13.2. The number of aromatic nitrogens is 1. The molecule has 10 heteroatoms. The van der Waals surface area contributed by atoms with Crippen LogP contribution in [0.3, 0.4) is 0 Å². The van der Waals surface area contributed by atoms with Crippen molar-refractivity contribution >= 4 is 40.7 Å². The number of nitrogens with zero attached hydrogens (tertiary/aromatic N) is 3. The Bertz CT molecular complexity index is 819. The number of hydrogen-bond donors (Lipinski definition) is 1. The molecule has 5 nitrogen and oxygen atoms in total. The predicted octanol–water partition coefficient (Wildman–Crippen LogP) is 4.76.